The molecule has 120 valence electrons. The summed E-state index contributed by atoms with van der Waals surface area (Å²) in [5.74, 6) is -0.898. The first-order valence-electron chi connectivity index (χ1n) is 6.40. The van der Waals surface area contributed by atoms with E-state index < -0.39 is 11.6 Å². The molecule has 2 aromatic carbocycles. The summed E-state index contributed by atoms with van der Waals surface area (Å²) in [6, 6.07) is 8.14. The van der Waals surface area contributed by atoms with Gasteiger partial charge in [0.05, 0.1) is 6.21 Å². The van der Waals surface area contributed by atoms with Gasteiger partial charge in [0, 0.05) is 22.2 Å². The van der Waals surface area contributed by atoms with E-state index in [0.29, 0.717) is 16.3 Å². The Balaban J connectivity index is 2.15. The summed E-state index contributed by atoms with van der Waals surface area (Å²) in [5, 5.41) is 4.31. The first-order valence-corrected chi connectivity index (χ1v) is 7.19. The van der Waals surface area contributed by atoms with Crippen LogP contribution in [0.2, 0.25) is 5.02 Å². The molecule has 0 atom stereocenters. The van der Waals surface area contributed by atoms with Crippen LogP contribution in [0.5, 0.6) is 5.75 Å². The minimum atomic E-state index is -0.677. The zero-order valence-electron chi connectivity index (χ0n) is 11.7. The van der Waals surface area contributed by atoms with Crippen LogP contribution in [0, 0.1) is 11.6 Å². The number of nitrogens with zero attached hydrogens (tertiary/aromatic N) is 1. The van der Waals surface area contributed by atoms with Crippen LogP contribution in [0.3, 0.4) is 0 Å². The molecule has 0 spiro atoms. The van der Waals surface area contributed by atoms with Gasteiger partial charge in [0.2, 0.25) is 0 Å². The molecule has 8 heteroatoms. The maximum absolute atomic E-state index is 13.6. The van der Waals surface area contributed by atoms with Gasteiger partial charge < -0.3 is 10.5 Å². The van der Waals surface area contributed by atoms with Crippen LogP contribution < -0.4 is 15.9 Å². The first kappa shape index (κ1) is 17.1. The normalized spacial score (nSPS) is 10.7. The summed E-state index contributed by atoms with van der Waals surface area (Å²) in [5.41, 5.74) is 8.45. The summed E-state index contributed by atoms with van der Waals surface area (Å²) >= 11 is 10.6. The summed E-state index contributed by atoms with van der Waals surface area (Å²) in [6.07, 6.45) is 1.42. The van der Waals surface area contributed by atoms with E-state index >= 15 is 0 Å². The Kier molecular flexibility index (Phi) is 5.84. The number of ether oxygens (including phenoxy) is 1. The average Bonchev–Trinajstić information content (AvgIpc) is 2.47. The van der Waals surface area contributed by atoms with E-state index in [9.17, 15) is 8.78 Å². The van der Waals surface area contributed by atoms with Crippen molar-refractivity contribution in [2.75, 3.05) is 0 Å². The molecular formula is C15H12ClF2N3OS. The van der Waals surface area contributed by atoms with Gasteiger partial charge in [-0.05, 0) is 42.5 Å². The molecule has 4 nitrogen and oxygen atoms in total. The van der Waals surface area contributed by atoms with Crippen molar-refractivity contribution in [2.24, 2.45) is 10.8 Å². The first-order chi connectivity index (χ1) is 11.0. The number of halogens is 3. The van der Waals surface area contributed by atoms with Crippen LogP contribution in [0.15, 0.2) is 41.5 Å². The summed E-state index contributed by atoms with van der Waals surface area (Å²) in [6.45, 7) is -0.0721. The number of benzene rings is 2. The second kappa shape index (κ2) is 7.85. The molecule has 0 bridgehead atoms. The Morgan fingerprint density at radius 1 is 1.30 bits per heavy atom. The van der Waals surface area contributed by atoms with E-state index in [1.165, 1.54) is 12.3 Å². The summed E-state index contributed by atoms with van der Waals surface area (Å²) in [4.78, 5) is 0. The van der Waals surface area contributed by atoms with Crippen LogP contribution >= 0.6 is 23.8 Å². The Hall–Kier alpha value is -2.25. The molecule has 0 aliphatic carbocycles. The zero-order valence-corrected chi connectivity index (χ0v) is 13.3. The highest BCUT2D eigenvalue weighted by Gasteiger charge is 2.07. The number of rotatable bonds is 5. The largest absolute Gasteiger partial charge is 0.488 e. The third-order valence-electron chi connectivity index (χ3n) is 2.75. The number of nitrogens with two attached hydrogens (primary N) is 1. The van der Waals surface area contributed by atoms with Crippen LogP contribution in [-0.2, 0) is 6.61 Å². The fourth-order valence-electron chi connectivity index (χ4n) is 1.71. The molecule has 0 aromatic heterocycles. The lowest BCUT2D eigenvalue weighted by Crippen LogP contribution is -2.24. The van der Waals surface area contributed by atoms with Crippen molar-refractivity contribution in [3.63, 3.8) is 0 Å². The van der Waals surface area contributed by atoms with E-state index in [2.05, 4.69) is 22.7 Å². The fraction of sp³-hybridized carbons (Fsp3) is 0.0667. The SMILES string of the molecule is NC(=S)NN=Cc1cc(Cl)ccc1OCc1ccc(F)cc1F. The topological polar surface area (TPSA) is 59.6 Å². The highest BCUT2D eigenvalue weighted by Crippen LogP contribution is 2.23. The Morgan fingerprint density at radius 2 is 2.09 bits per heavy atom. The molecule has 2 rings (SSSR count). The average molecular weight is 356 g/mol. The van der Waals surface area contributed by atoms with Crippen molar-refractivity contribution in [2.45, 2.75) is 6.61 Å². The van der Waals surface area contributed by atoms with Gasteiger partial charge in [-0.15, -0.1) is 0 Å². The van der Waals surface area contributed by atoms with E-state index in [1.807, 2.05) is 0 Å². The van der Waals surface area contributed by atoms with Crippen LogP contribution in [0.1, 0.15) is 11.1 Å². The highest BCUT2D eigenvalue weighted by molar-refractivity contribution is 7.80. The van der Waals surface area contributed by atoms with E-state index in [-0.39, 0.29) is 17.3 Å². The zero-order chi connectivity index (χ0) is 16.8. The maximum atomic E-state index is 13.6. The lowest BCUT2D eigenvalue weighted by molar-refractivity contribution is 0.299. The summed E-state index contributed by atoms with van der Waals surface area (Å²) < 4.78 is 32.0. The van der Waals surface area contributed by atoms with Crippen LogP contribution in [0.25, 0.3) is 0 Å². The van der Waals surface area contributed by atoms with Crippen molar-refractivity contribution in [1.82, 2.24) is 5.43 Å². The molecule has 0 unspecified atom stereocenters. The Morgan fingerprint density at radius 3 is 2.78 bits per heavy atom. The van der Waals surface area contributed by atoms with Gasteiger partial charge in [-0.3, -0.25) is 5.43 Å². The van der Waals surface area contributed by atoms with Gasteiger partial charge in [0.15, 0.2) is 5.11 Å². The predicted molar refractivity (Wildman–Crippen MR) is 89.7 cm³/mol. The second-order valence-corrected chi connectivity index (χ2v) is 5.32. The van der Waals surface area contributed by atoms with Gasteiger partial charge in [-0.25, -0.2) is 8.78 Å². The van der Waals surface area contributed by atoms with Gasteiger partial charge in [0.25, 0.3) is 0 Å². The van der Waals surface area contributed by atoms with Crippen molar-refractivity contribution in [3.05, 3.63) is 64.2 Å². The smallest absolute Gasteiger partial charge is 0.184 e. The number of hydrazone groups is 1. The van der Waals surface area contributed by atoms with Gasteiger partial charge in [-0.1, -0.05) is 11.6 Å². The minimum Gasteiger partial charge on any atom is -0.488 e. The molecule has 0 aliphatic rings. The standard InChI is InChI=1S/C15H12ClF2N3OS/c16-11-2-4-14(10(5-11)7-20-21-15(19)23)22-8-9-1-3-12(17)6-13(9)18/h1-7H,8H2,(H3,19,21,23). The number of hydrogen-bond acceptors (Lipinski definition) is 3. The Labute approximate surface area is 141 Å². The minimum absolute atomic E-state index is 0.0131. The third-order valence-corrected chi connectivity index (χ3v) is 3.07. The van der Waals surface area contributed by atoms with Crippen LogP contribution in [0.4, 0.5) is 8.78 Å². The molecule has 0 saturated heterocycles. The lowest BCUT2D eigenvalue weighted by Gasteiger charge is -2.10. The molecule has 0 radical (unpaired) electrons. The van der Waals surface area contributed by atoms with E-state index in [0.717, 1.165) is 12.1 Å². The number of hydrogen-bond donors (Lipinski definition) is 2. The molecule has 2 aromatic rings. The van der Waals surface area contributed by atoms with Gasteiger partial charge >= 0.3 is 0 Å². The molecule has 0 fully saturated rings. The highest BCUT2D eigenvalue weighted by atomic mass is 35.5. The maximum Gasteiger partial charge on any atom is 0.184 e. The molecule has 0 heterocycles. The second-order valence-electron chi connectivity index (χ2n) is 4.44. The Bertz CT molecular complexity index is 755. The van der Waals surface area contributed by atoms with E-state index in [1.54, 1.807) is 18.2 Å². The molecule has 0 aliphatic heterocycles. The predicted octanol–water partition coefficient (Wildman–Crippen LogP) is 3.36. The van der Waals surface area contributed by atoms with Crippen molar-refractivity contribution in [1.29, 1.82) is 0 Å². The number of thiocarbonyl (C=S) groups is 1. The molecule has 0 saturated carbocycles. The van der Waals surface area contributed by atoms with Crippen molar-refractivity contribution >= 4 is 35.1 Å². The quantitative estimate of drug-likeness (QED) is 0.490. The van der Waals surface area contributed by atoms with Crippen molar-refractivity contribution < 1.29 is 13.5 Å². The summed E-state index contributed by atoms with van der Waals surface area (Å²) in [7, 11) is 0. The third kappa shape index (κ3) is 5.15. The molecular weight excluding hydrogens is 344 g/mol. The van der Waals surface area contributed by atoms with Gasteiger partial charge in [-0.2, -0.15) is 5.10 Å². The molecule has 23 heavy (non-hydrogen) atoms. The monoisotopic (exact) mass is 355 g/mol. The van der Waals surface area contributed by atoms with Crippen LogP contribution in [-0.4, -0.2) is 11.3 Å². The van der Waals surface area contributed by atoms with Crippen molar-refractivity contribution in [3.8, 4) is 5.75 Å². The van der Waals surface area contributed by atoms with Gasteiger partial charge in [0.1, 0.15) is 24.0 Å². The van der Waals surface area contributed by atoms with E-state index in [4.69, 9.17) is 22.1 Å². The number of nitrogens with one attached hydrogen (secondary N) is 1. The lowest BCUT2D eigenvalue weighted by atomic mass is 10.2. The fourth-order valence-corrected chi connectivity index (χ4v) is 1.94. The molecule has 3 N–H and O–H groups in total. The molecule has 0 amide bonds.